The zero-order chi connectivity index (χ0) is 19.5. The van der Waals surface area contributed by atoms with Gasteiger partial charge in [0.1, 0.15) is 0 Å². The van der Waals surface area contributed by atoms with E-state index in [0.717, 1.165) is 38.4 Å². The van der Waals surface area contributed by atoms with Gasteiger partial charge in [0.25, 0.3) is 0 Å². The Kier molecular flexibility index (Phi) is 6.02. The fourth-order valence-electron chi connectivity index (χ4n) is 3.61. The van der Waals surface area contributed by atoms with E-state index >= 15 is 0 Å². The number of hydrogen-bond acceptors (Lipinski definition) is 2. The molecule has 1 aliphatic rings. The van der Waals surface area contributed by atoms with Crippen molar-refractivity contribution < 1.29 is 0 Å². The van der Waals surface area contributed by atoms with E-state index in [9.17, 15) is 0 Å². The maximum absolute atomic E-state index is 6.07. The molecule has 0 aliphatic carbocycles. The maximum Gasteiger partial charge on any atom is 0.173 e. The van der Waals surface area contributed by atoms with E-state index in [1.165, 1.54) is 16.3 Å². The van der Waals surface area contributed by atoms with Gasteiger partial charge in [-0.2, -0.15) is 0 Å². The Hall–Kier alpha value is -1.85. The molecule has 0 amide bonds. The molecule has 0 spiro atoms. The molecule has 0 bridgehead atoms. The lowest BCUT2D eigenvalue weighted by atomic mass is 10.0. The first kappa shape index (κ1) is 19.5. The highest BCUT2D eigenvalue weighted by atomic mass is 35.5. The van der Waals surface area contributed by atoms with E-state index in [4.69, 9.17) is 35.4 Å². The largest absolute Gasteiger partial charge is 0.346 e. The lowest BCUT2D eigenvalue weighted by molar-refractivity contribution is 0.177. The smallest absolute Gasteiger partial charge is 0.173 e. The highest BCUT2D eigenvalue weighted by Crippen LogP contribution is 2.23. The van der Waals surface area contributed by atoms with Crippen LogP contribution in [-0.4, -0.2) is 41.1 Å². The van der Waals surface area contributed by atoms with E-state index in [1.807, 2.05) is 12.1 Å². The minimum atomic E-state index is 0.595. The number of piperazine rings is 1. The summed E-state index contributed by atoms with van der Waals surface area (Å²) in [6, 6.07) is 20.5. The Morgan fingerprint density at radius 1 is 0.893 bits per heavy atom. The molecule has 0 atom stereocenters. The standard InChI is InChI=1S/C22H21Cl2N3S/c23-18-12-19(24)14-20(13-18)25-22(28)27-10-8-26(9-11-27)15-17-6-3-5-16-4-1-2-7-21(16)17/h1-7,12-14H,8-11,15H2,(H,25,28). The minimum Gasteiger partial charge on any atom is -0.346 e. The highest BCUT2D eigenvalue weighted by Gasteiger charge is 2.19. The normalized spacial score (nSPS) is 15.0. The van der Waals surface area contributed by atoms with Crippen molar-refractivity contribution >= 4 is 57.0 Å². The molecule has 0 aromatic heterocycles. The molecule has 0 radical (unpaired) electrons. The molecule has 0 unspecified atom stereocenters. The number of hydrogen-bond donors (Lipinski definition) is 1. The molecule has 6 heteroatoms. The van der Waals surface area contributed by atoms with Gasteiger partial charge < -0.3 is 10.2 Å². The summed E-state index contributed by atoms with van der Waals surface area (Å²) >= 11 is 17.7. The number of anilines is 1. The maximum atomic E-state index is 6.07. The first-order valence-corrected chi connectivity index (χ1v) is 10.5. The lowest BCUT2D eigenvalue weighted by Crippen LogP contribution is -2.49. The second kappa shape index (κ2) is 8.66. The van der Waals surface area contributed by atoms with Crippen LogP contribution in [0.2, 0.25) is 10.0 Å². The summed E-state index contributed by atoms with van der Waals surface area (Å²) in [4.78, 5) is 4.68. The van der Waals surface area contributed by atoms with E-state index < -0.39 is 0 Å². The molecule has 1 fully saturated rings. The molecule has 1 N–H and O–H groups in total. The van der Waals surface area contributed by atoms with Gasteiger partial charge in [-0.3, -0.25) is 4.90 Å². The van der Waals surface area contributed by atoms with Crippen LogP contribution in [0.1, 0.15) is 5.56 Å². The van der Waals surface area contributed by atoms with Crippen LogP contribution in [0, 0.1) is 0 Å². The zero-order valence-electron chi connectivity index (χ0n) is 15.4. The van der Waals surface area contributed by atoms with Crippen molar-refractivity contribution in [3.05, 3.63) is 76.3 Å². The average Bonchev–Trinajstić information content (AvgIpc) is 2.68. The fourth-order valence-corrected chi connectivity index (χ4v) is 4.44. The molecule has 144 valence electrons. The monoisotopic (exact) mass is 429 g/mol. The summed E-state index contributed by atoms with van der Waals surface area (Å²) in [6.45, 7) is 4.69. The second-order valence-corrected chi connectivity index (χ2v) is 8.25. The Morgan fingerprint density at radius 2 is 1.57 bits per heavy atom. The third-order valence-corrected chi connectivity index (χ3v) is 5.84. The summed E-state index contributed by atoms with van der Waals surface area (Å²) < 4.78 is 0. The van der Waals surface area contributed by atoms with E-state index in [0.29, 0.717) is 15.2 Å². The van der Waals surface area contributed by atoms with Gasteiger partial charge in [0.2, 0.25) is 0 Å². The molecule has 1 aliphatic heterocycles. The lowest BCUT2D eigenvalue weighted by Gasteiger charge is -2.36. The molecular formula is C22H21Cl2N3S. The van der Waals surface area contributed by atoms with E-state index in [-0.39, 0.29) is 0 Å². The van der Waals surface area contributed by atoms with Crippen LogP contribution in [0.5, 0.6) is 0 Å². The van der Waals surface area contributed by atoms with Gasteiger partial charge in [-0.15, -0.1) is 0 Å². The van der Waals surface area contributed by atoms with Gasteiger partial charge >= 0.3 is 0 Å². The van der Waals surface area contributed by atoms with E-state index in [2.05, 4.69) is 57.6 Å². The van der Waals surface area contributed by atoms with Crippen LogP contribution in [0.4, 0.5) is 5.69 Å². The first-order valence-electron chi connectivity index (χ1n) is 9.29. The molecule has 3 nitrogen and oxygen atoms in total. The SMILES string of the molecule is S=C(Nc1cc(Cl)cc(Cl)c1)N1CCN(Cc2cccc3ccccc23)CC1. The number of nitrogens with zero attached hydrogens (tertiary/aromatic N) is 2. The molecule has 0 saturated carbocycles. The van der Waals surface area contributed by atoms with Gasteiger partial charge in [-0.25, -0.2) is 0 Å². The zero-order valence-corrected chi connectivity index (χ0v) is 17.7. The fraction of sp³-hybridized carbons (Fsp3) is 0.227. The van der Waals surface area contributed by atoms with Crippen molar-refractivity contribution in [2.75, 3.05) is 31.5 Å². The van der Waals surface area contributed by atoms with Crippen molar-refractivity contribution in [2.45, 2.75) is 6.54 Å². The molecule has 28 heavy (non-hydrogen) atoms. The Balaban J connectivity index is 1.36. The van der Waals surface area contributed by atoms with Crippen molar-refractivity contribution in [3.8, 4) is 0 Å². The van der Waals surface area contributed by atoms with Crippen LogP contribution in [0.15, 0.2) is 60.7 Å². The first-order chi connectivity index (χ1) is 13.6. The minimum absolute atomic E-state index is 0.595. The molecule has 1 heterocycles. The van der Waals surface area contributed by atoms with Crippen molar-refractivity contribution in [3.63, 3.8) is 0 Å². The van der Waals surface area contributed by atoms with E-state index in [1.54, 1.807) is 6.07 Å². The van der Waals surface area contributed by atoms with Crippen molar-refractivity contribution in [1.82, 2.24) is 9.80 Å². The summed E-state index contributed by atoms with van der Waals surface area (Å²) in [6.07, 6.45) is 0. The number of nitrogens with one attached hydrogen (secondary N) is 1. The van der Waals surface area contributed by atoms with Gasteiger partial charge in [-0.1, -0.05) is 65.7 Å². The quantitative estimate of drug-likeness (QED) is 0.540. The third-order valence-electron chi connectivity index (χ3n) is 5.05. The van der Waals surface area contributed by atoms with Gasteiger partial charge in [-0.05, 0) is 46.8 Å². The highest BCUT2D eigenvalue weighted by molar-refractivity contribution is 7.80. The van der Waals surface area contributed by atoms with Crippen molar-refractivity contribution in [2.24, 2.45) is 0 Å². The average molecular weight is 430 g/mol. The van der Waals surface area contributed by atoms with Crippen LogP contribution >= 0.6 is 35.4 Å². The molecule has 3 aromatic rings. The summed E-state index contributed by atoms with van der Waals surface area (Å²) in [5.41, 5.74) is 2.20. The second-order valence-electron chi connectivity index (χ2n) is 6.99. The molecule has 3 aromatic carbocycles. The third kappa shape index (κ3) is 4.58. The van der Waals surface area contributed by atoms with Crippen LogP contribution < -0.4 is 5.32 Å². The summed E-state index contributed by atoms with van der Waals surface area (Å²) in [5, 5.41) is 7.78. The van der Waals surface area contributed by atoms with Gasteiger partial charge in [0, 0.05) is 48.5 Å². The number of thiocarbonyl (C=S) groups is 1. The van der Waals surface area contributed by atoms with Crippen molar-refractivity contribution in [1.29, 1.82) is 0 Å². The predicted octanol–water partition coefficient (Wildman–Crippen LogP) is 5.66. The summed E-state index contributed by atoms with van der Waals surface area (Å²) in [5.74, 6) is 0. The van der Waals surface area contributed by atoms with Crippen LogP contribution in [0.25, 0.3) is 10.8 Å². The number of halogens is 2. The topological polar surface area (TPSA) is 18.5 Å². The Labute approximate surface area is 180 Å². The Morgan fingerprint density at radius 3 is 2.32 bits per heavy atom. The molecule has 1 saturated heterocycles. The Bertz CT molecular complexity index is 974. The number of benzene rings is 3. The van der Waals surface area contributed by atoms with Gasteiger partial charge in [0.05, 0.1) is 0 Å². The molecule has 4 rings (SSSR count). The molecular weight excluding hydrogens is 409 g/mol. The number of rotatable bonds is 3. The van der Waals surface area contributed by atoms with Gasteiger partial charge in [0.15, 0.2) is 5.11 Å². The number of fused-ring (bicyclic) bond motifs is 1. The van der Waals surface area contributed by atoms with Crippen LogP contribution in [0.3, 0.4) is 0 Å². The predicted molar refractivity (Wildman–Crippen MR) is 123 cm³/mol. The summed E-state index contributed by atoms with van der Waals surface area (Å²) in [7, 11) is 0. The van der Waals surface area contributed by atoms with Crippen LogP contribution in [-0.2, 0) is 6.54 Å².